The highest BCUT2D eigenvalue weighted by atomic mass is 35.5. The maximum absolute atomic E-state index is 12.8. The monoisotopic (exact) mass is 342 g/mol. The molecule has 1 spiro atoms. The average molecular weight is 343 g/mol. The number of benzene rings is 1. The fourth-order valence-corrected chi connectivity index (χ4v) is 3.38. The predicted octanol–water partition coefficient (Wildman–Crippen LogP) is 2.17. The van der Waals surface area contributed by atoms with E-state index >= 15 is 0 Å². The summed E-state index contributed by atoms with van der Waals surface area (Å²) in [4.78, 5) is 22.8. The molecule has 2 aliphatic rings. The molecule has 2 aliphatic heterocycles. The molecule has 0 aliphatic carbocycles. The summed E-state index contributed by atoms with van der Waals surface area (Å²) >= 11 is 6.03. The number of hydrogen-bond acceptors (Lipinski definition) is 5. The zero-order chi connectivity index (χ0) is 16.9. The molecule has 4 rings (SSSR count). The molecule has 1 amide bonds. The Hall–Kier alpha value is -2.60. The summed E-state index contributed by atoms with van der Waals surface area (Å²) in [5, 5.41) is 0.551. The Morgan fingerprint density at radius 2 is 2.12 bits per heavy atom. The number of nitrogens with two attached hydrogens (primary N) is 1. The highest BCUT2D eigenvalue weighted by Gasteiger charge is 2.51. The molecule has 6 nitrogen and oxygen atoms in total. The SMILES string of the molecule is CN1C(=O)C2(CCOc3ccc(-c4cncc(Cl)c4)cc32)N=C1N. The van der Waals surface area contributed by atoms with E-state index in [0.717, 1.165) is 16.7 Å². The van der Waals surface area contributed by atoms with E-state index < -0.39 is 5.54 Å². The second-order valence-electron chi connectivity index (χ2n) is 5.90. The number of fused-ring (bicyclic) bond motifs is 2. The number of likely N-dealkylation sites (N-methyl/N-ethyl adjacent to an activating group) is 1. The Labute approximate surface area is 143 Å². The first kappa shape index (κ1) is 15.0. The van der Waals surface area contributed by atoms with Crippen molar-refractivity contribution in [3.05, 3.63) is 47.2 Å². The molecule has 3 heterocycles. The molecule has 1 unspecified atom stereocenters. The lowest BCUT2D eigenvalue weighted by Gasteiger charge is -2.32. The third-order valence-electron chi connectivity index (χ3n) is 4.49. The number of rotatable bonds is 1. The van der Waals surface area contributed by atoms with Gasteiger partial charge in [0.05, 0.1) is 11.6 Å². The van der Waals surface area contributed by atoms with Crippen LogP contribution in [-0.4, -0.2) is 35.4 Å². The maximum atomic E-state index is 12.8. The molecule has 122 valence electrons. The van der Waals surface area contributed by atoms with Crippen molar-refractivity contribution in [2.75, 3.05) is 13.7 Å². The van der Waals surface area contributed by atoms with Crippen LogP contribution in [0.15, 0.2) is 41.7 Å². The topological polar surface area (TPSA) is 80.8 Å². The van der Waals surface area contributed by atoms with Gasteiger partial charge in [-0.15, -0.1) is 0 Å². The van der Waals surface area contributed by atoms with Gasteiger partial charge in [0.15, 0.2) is 11.5 Å². The molecular formula is C17H15ClN4O2. The van der Waals surface area contributed by atoms with Gasteiger partial charge in [0.25, 0.3) is 5.91 Å². The lowest BCUT2D eigenvalue weighted by Crippen LogP contribution is -2.42. The van der Waals surface area contributed by atoms with E-state index in [0.29, 0.717) is 23.8 Å². The van der Waals surface area contributed by atoms with Gasteiger partial charge >= 0.3 is 0 Å². The van der Waals surface area contributed by atoms with Crippen LogP contribution in [0, 0.1) is 0 Å². The highest BCUT2D eigenvalue weighted by Crippen LogP contribution is 2.45. The Kier molecular flexibility index (Phi) is 3.25. The molecule has 2 N–H and O–H groups in total. The van der Waals surface area contributed by atoms with Gasteiger partial charge in [0.2, 0.25) is 0 Å². The van der Waals surface area contributed by atoms with Crippen molar-refractivity contribution in [1.29, 1.82) is 0 Å². The third kappa shape index (κ3) is 2.06. The van der Waals surface area contributed by atoms with Crippen LogP contribution in [0.1, 0.15) is 12.0 Å². The van der Waals surface area contributed by atoms with Crippen LogP contribution < -0.4 is 10.5 Å². The molecule has 0 fully saturated rings. The molecule has 24 heavy (non-hydrogen) atoms. The Bertz CT molecular complexity index is 883. The van der Waals surface area contributed by atoms with Crippen molar-refractivity contribution in [1.82, 2.24) is 9.88 Å². The molecule has 0 bridgehead atoms. The Morgan fingerprint density at radius 3 is 2.83 bits per heavy atom. The molecule has 1 aromatic heterocycles. The molecule has 0 saturated carbocycles. The maximum Gasteiger partial charge on any atom is 0.261 e. The number of guanidine groups is 1. The summed E-state index contributed by atoms with van der Waals surface area (Å²) in [6.45, 7) is 0.418. The number of carbonyl (C=O) groups is 1. The fraction of sp³-hybridized carbons (Fsp3) is 0.235. The number of nitrogens with zero attached hydrogens (tertiary/aromatic N) is 3. The van der Waals surface area contributed by atoms with Crippen LogP contribution in [0.2, 0.25) is 5.02 Å². The van der Waals surface area contributed by atoms with Crippen molar-refractivity contribution in [2.45, 2.75) is 12.0 Å². The van der Waals surface area contributed by atoms with Gasteiger partial charge < -0.3 is 10.5 Å². The number of ether oxygens (including phenoxy) is 1. The fourth-order valence-electron chi connectivity index (χ4n) is 3.21. The number of aliphatic imine (C=N–C) groups is 1. The van der Waals surface area contributed by atoms with E-state index in [-0.39, 0.29) is 11.9 Å². The molecule has 0 saturated heterocycles. The molecule has 7 heteroatoms. The van der Waals surface area contributed by atoms with Gasteiger partial charge in [-0.25, -0.2) is 4.99 Å². The zero-order valence-electron chi connectivity index (χ0n) is 13.0. The summed E-state index contributed by atoms with van der Waals surface area (Å²) in [7, 11) is 1.63. The van der Waals surface area contributed by atoms with Gasteiger partial charge in [-0.1, -0.05) is 17.7 Å². The average Bonchev–Trinajstić information content (AvgIpc) is 2.80. The van der Waals surface area contributed by atoms with E-state index in [4.69, 9.17) is 22.1 Å². The number of pyridine rings is 1. The highest BCUT2D eigenvalue weighted by molar-refractivity contribution is 6.30. The van der Waals surface area contributed by atoms with E-state index in [1.165, 1.54) is 4.90 Å². The van der Waals surface area contributed by atoms with Crippen molar-refractivity contribution in [3.8, 4) is 16.9 Å². The van der Waals surface area contributed by atoms with Crippen LogP contribution >= 0.6 is 11.6 Å². The van der Waals surface area contributed by atoms with Crippen molar-refractivity contribution >= 4 is 23.5 Å². The minimum absolute atomic E-state index is 0.133. The van der Waals surface area contributed by atoms with E-state index in [9.17, 15) is 4.79 Å². The first-order chi connectivity index (χ1) is 11.5. The Morgan fingerprint density at radius 1 is 1.29 bits per heavy atom. The molecule has 2 aromatic rings. The number of aromatic nitrogens is 1. The van der Waals surface area contributed by atoms with Gasteiger partial charge in [-0.2, -0.15) is 0 Å². The summed E-state index contributed by atoms with van der Waals surface area (Å²) in [6, 6.07) is 7.51. The zero-order valence-corrected chi connectivity index (χ0v) is 13.7. The van der Waals surface area contributed by atoms with Crippen molar-refractivity contribution in [2.24, 2.45) is 10.7 Å². The molecule has 1 atom stereocenters. The lowest BCUT2D eigenvalue weighted by atomic mass is 9.83. The lowest BCUT2D eigenvalue weighted by molar-refractivity contribution is -0.131. The van der Waals surface area contributed by atoms with Crippen LogP contribution in [0.4, 0.5) is 0 Å². The van der Waals surface area contributed by atoms with E-state index in [1.54, 1.807) is 19.4 Å². The second kappa shape index (κ2) is 5.21. The van der Waals surface area contributed by atoms with Crippen molar-refractivity contribution in [3.63, 3.8) is 0 Å². The predicted molar refractivity (Wildman–Crippen MR) is 90.9 cm³/mol. The minimum Gasteiger partial charge on any atom is -0.493 e. The van der Waals surface area contributed by atoms with Gasteiger partial charge in [-0.3, -0.25) is 14.7 Å². The van der Waals surface area contributed by atoms with E-state index in [2.05, 4.69) is 9.98 Å². The summed E-state index contributed by atoms with van der Waals surface area (Å²) in [5.41, 5.74) is 7.36. The minimum atomic E-state index is -1.01. The summed E-state index contributed by atoms with van der Waals surface area (Å²) in [6.07, 6.45) is 3.76. The molecule has 0 radical (unpaired) electrons. The van der Waals surface area contributed by atoms with Crippen LogP contribution in [0.3, 0.4) is 0 Å². The molecule has 1 aromatic carbocycles. The normalized spacial score (nSPS) is 22.3. The summed E-state index contributed by atoms with van der Waals surface area (Å²) in [5.74, 6) is 0.744. The van der Waals surface area contributed by atoms with Gasteiger partial charge in [0.1, 0.15) is 5.75 Å². The van der Waals surface area contributed by atoms with Crippen molar-refractivity contribution < 1.29 is 9.53 Å². The second-order valence-corrected chi connectivity index (χ2v) is 6.33. The third-order valence-corrected chi connectivity index (χ3v) is 4.70. The smallest absolute Gasteiger partial charge is 0.261 e. The number of amides is 1. The van der Waals surface area contributed by atoms with Crippen LogP contribution in [-0.2, 0) is 10.3 Å². The molecular weight excluding hydrogens is 328 g/mol. The number of carbonyl (C=O) groups excluding carboxylic acids is 1. The summed E-state index contributed by atoms with van der Waals surface area (Å²) < 4.78 is 5.72. The largest absolute Gasteiger partial charge is 0.493 e. The number of halogens is 1. The van der Waals surface area contributed by atoms with E-state index in [1.807, 2.05) is 24.3 Å². The van der Waals surface area contributed by atoms with Crippen LogP contribution in [0.25, 0.3) is 11.1 Å². The quantitative estimate of drug-likeness (QED) is 0.861. The first-order valence-electron chi connectivity index (χ1n) is 7.53. The Balaban J connectivity index is 1.89. The van der Waals surface area contributed by atoms with Gasteiger partial charge in [-0.05, 0) is 23.8 Å². The van der Waals surface area contributed by atoms with Gasteiger partial charge in [0, 0.05) is 37.0 Å². The first-order valence-corrected chi connectivity index (χ1v) is 7.91. The number of hydrogen-bond donors (Lipinski definition) is 1. The standard InChI is InChI=1S/C17H15ClN4O2/c1-22-15(23)17(21-16(22)19)4-5-24-14-3-2-10(7-13(14)17)11-6-12(18)9-20-8-11/h2-3,6-9H,4-5H2,1H3,(H2,19,21). The van der Waals surface area contributed by atoms with Crippen LogP contribution in [0.5, 0.6) is 5.75 Å².